The number of aromatic nitrogens is 1. The number of ether oxygens (including phenoxy) is 2. The van der Waals surface area contributed by atoms with Crippen LogP contribution >= 0.6 is 0 Å². The Morgan fingerprint density at radius 3 is 2.25 bits per heavy atom. The summed E-state index contributed by atoms with van der Waals surface area (Å²) in [6.07, 6.45) is 6.20. The van der Waals surface area contributed by atoms with Gasteiger partial charge in [-0.05, 0) is 67.5 Å². The first-order valence-corrected chi connectivity index (χ1v) is 14.5. The van der Waals surface area contributed by atoms with Crippen LogP contribution < -0.4 is 14.9 Å². The number of hydrogen-bond donors (Lipinski definition) is 0. The van der Waals surface area contributed by atoms with Crippen LogP contribution in [-0.4, -0.2) is 28.6 Å². The van der Waals surface area contributed by atoms with Crippen LogP contribution in [0.25, 0.3) is 0 Å². The van der Waals surface area contributed by atoms with Crippen LogP contribution in [-0.2, 0) is 32.6 Å². The Morgan fingerprint density at radius 1 is 0.850 bits per heavy atom. The average Bonchev–Trinajstić information content (AvgIpc) is 2.99. The van der Waals surface area contributed by atoms with Gasteiger partial charge in [0.2, 0.25) is 5.43 Å². The van der Waals surface area contributed by atoms with Gasteiger partial charge in [-0.3, -0.25) is 9.69 Å². The third-order valence-corrected chi connectivity index (χ3v) is 7.92. The molecule has 0 spiro atoms. The van der Waals surface area contributed by atoms with Gasteiger partial charge in [-0.2, -0.15) is 0 Å². The first kappa shape index (κ1) is 27.7. The number of pyridine rings is 1. The maximum atomic E-state index is 12.6. The van der Waals surface area contributed by atoms with E-state index in [1.165, 1.54) is 16.7 Å². The van der Waals surface area contributed by atoms with E-state index in [1.807, 2.05) is 49.5 Å². The fraction of sp³-hybridized carbons (Fsp3) is 0.343. The van der Waals surface area contributed by atoms with Crippen LogP contribution in [0.3, 0.4) is 0 Å². The van der Waals surface area contributed by atoms with Gasteiger partial charge in [-0.15, -0.1) is 0 Å². The van der Waals surface area contributed by atoms with E-state index in [0.29, 0.717) is 25.0 Å². The van der Waals surface area contributed by atoms with Crippen LogP contribution in [0.5, 0.6) is 11.5 Å². The molecule has 0 bridgehead atoms. The molecule has 1 aliphatic rings. The highest BCUT2D eigenvalue weighted by Gasteiger charge is 2.26. The molecular formula is C35H40N2O3. The lowest BCUT2D eigenvalue weighted by atomic mass is 9.86. The molecule has 0 fully saturated rings. The Bertz CT molecular complexity index is 1430. The number of rotatable bonds is 12. The molecule has 5 nitrogen and oxygen atoms in total. The normalized spacial score (nSPS) is 14.6. The molecule has 1 atom stereocenters. The maximum Gasteiger partial charge on any atom is 0.223 e. The number of fused-ring (bicyclic) bond motifs is 1. The smallest absolute Gasteiger partial charge is 0.223 e. The third kappa shape index (κ3) is 6.83. The Morgan fingerprint density at radius 2 is 1.55 bits per heavy atom. The third-order valence-electron chi connectivity index (χ3n) is 7.92. The Balaban J connectivity index is 1.24. The number of hydrogen-bond acceptors (Lipinski definition) is 4. The monoisotopic (exact) mass is 536 g/mol. The summed E-state index contributed by atoms with van der Waals surface area (Å²) in [5.41, 5.74) is 5.83. The summed E-state index contributed by atoms with van der Waals surface area (Å²) in [6, 6.07) is 29.0. The summed E-state index contributed by atoms with van der Waals surface area (Å²) < 4.78 is 14.4. The molecule has 4 aromatic rings. The molecule has 0 unspecified atom stereocenters. The summed E-state index contributed by atoms with van der Waals surface area (Å²) in [4.78, 5) is 15.2. The second-order valence-electron chi connectivity index (χ2n) is 10.7. The van der Waals surface area contributed by atoms with E-state index in [-0.39, 0.29) is 5.43 Å². The largest absolute Gasteiger partial charge is 0.489 e. The van der Waals surface area contributed by atoms with Gasteiger partial charge in [0.1, 0.15) is 19.0 Å². The highest BCUT2D eigenvalue weighted by Crippen LogP contribution is 2.32. The number of nitrogens with zero attached hydrogens (tertiary/aromatic N) is 2. The molecule has 1 aromatic heterocycles. The topological polar surface area (TPSA) is 43.7 Å². The number of benzene rings is 3. The first-order valence-electron chi connectivity index (χ1n) is 14.5. The summed E-state index contributed by atoms with van der Waals surface area (Å²) >= 11 is 0. The van der Waals surface area contributed by atoms with Crippen molar-refractivity contribution in [3.63, 3.8) is 0 Å². The first-order chi connectivity index (χ1) is 19.6. The molecule has 1 aliphatic carbocycles. The summed E-state index contributed by atoms with van der Waals surface area (Å²) in [5.74, 6) is 1.47. The zero-order chi connectivity index (χ0) is 27.7. The van der Waals surface area contributed by atoms with Crippen LogP contribution in [0.15, 0.2) is 95.9 Å². The zero-order valence-electron chi connectivity index (χ0n) is 23.7. The molecule has 5 rings (SSSR count). The lowest BCUT2D eigenvalue weighted by molar-refractivity contribution is 0.171. The van der Waals surface area contributed by atoms with E-state index in [1.54, 1.807) is 6.07 Å². The van der Waals surface area contributed by atoms with Gasteiger partial charge in [0, 0.05) is 31.4 Å². The van der Waals surface area contributed by atoms with Crippen LogP contribution in [0, 0.1) is 6.92 Å². The van der Waals surface area contributed by atoms with Crippen molar-refractivity contribution in [1.82, 2.24) is 9.47 Å². The van der Waals surface area contributed by atoms with Crippen molar-refractivity contribution in [2.45, 2.75) is 65.3 Å². The lowest BCUT2D eigenvalue weighted by Gasteiger charge is -2.36. The van der Waals surface area contributed by atoms with Crippen molar-refractivity contribution in [1.29, 1.82) is 0 Å². The Labute approximate surface area is 238 Å². The van der Waals surface area contributed by atoms with Crippen LogP contribution in [0.1, 0.15) is 47.7 Å². The highest BCUT2D eigenvalue weighted by molar-refractivity contribution is 5.42. The molecule has 1 heterocycles. The SMILES string of the molecule is CCCN(CCn1ccc(=O)c(OCc2ccccc2)c1C)[C@H]1CCc2c(cccc2OCc2ccccc2)C1. The van der Waals surface area contributed by atoms with Gasteiger partial charge in [-0.25, -0.2) is 0 Å². The standard InChI is InChI=1S/C35H40N2O3/c1-3-20-37(23-22-36-21-19-33(38)35(27(36)2)40-26-29-13-8-5-9-14-29)31-17-18-32-30(24-31)15-10-16-34(32)39-25-28-11-6-4-7-12-28/h4-16,19,21,31H,3,17-18,20,22-26H2,1-2H3/t31-/m0/s1. The van der Waals surface area contributed by atoms with Gasteiger partial charge in [0.15, 0.2) is 5.75 Å². The summed E-state index contributed by atoms with van der Waals surface area (Å²) in [6.45, 7) is 8.02. The van der Waals surface area contributed by atoms with E-state index < -0.39 is 0 Å². The fourth-order valence-electron chi connectivity index (χ4n) is 5.74. The van der Waals surface area contributed by atoms with Crippen molar-refractivity contribution >= 4 is 0 Å². The lowest BCUT2D eigenvalue weighted by Crippen LogP contribution is -2.41. The Hall–Kier alpha value is -3.83. The minimum Gasteiger partial charge on any atom is -0.489 e. The molecule has 5 heteroatoms. The average molecular weight is 537 g/mol. The van der Waals surface area contributed by atoms with Crippen molar-refractivity contribution < 1.29 is 9.47 Å². The van der Waals surface area contributed by atoms with Gasteiger partial charge in [-0.1, -0.05) is 79.7 Å². The molecule has 3 aromatic carbocycles. The van der Waals surface area contributed by atoms with Gasteiger partial charge < -0.3 is 14.0 Å². The molecule has 0 radical (unpaired) electrons. The Kier molecular flexibility index (Phi) is 9.35. The fourth-order valence-corrected chi connectivity index (χ4v) is 5.74. The quantitative estimate of drug-likeness (QED) is 0.205. The molecule has 208 valence electrons. The van der Waals surface area contributed by atoms with Crippen molar-refractivity contribution in [3.05, 3.63) is 129 Å². The minimum atomic E-state index is -0.0655. The zero-order valence-corrected chi connectivity index (χ0v) is 23.7. The molecule has 0 amide bonds. The van der Waals surface area contributed by atoms with Crippen LogP contribution in [0.2, 0.25) is 0 Å². The molecule has 0 N–H and O–H groups in total. The van der Waals surface area contributed by atoms with E-state index in [9.17, 15) is 4.79 Å². The highest BCUT2D eigenvalue weighted by atomic mass is 16.5. The van der Waals surface area contributed by atoms with E-state index in [2.05, 4.69) is 58.9 Å². The van der Waals surface area contributed by atoms with Gasteiger partial charge in [0.05, 0.1) is 5.69 Å². The molecule has 40 heavy (non-hydrogen) atoms. The van der Waals surface area contributed by atoms with E-state index >= 15 is 0 Å². The van der Waals surface area contributed by atoms with Crippen molar-refractivity contribution in [2.24, 2.45) is 0 Å². The predicted octanol–water partition coefficient (Wildman–Crippen LogP) is 6.58. The molecular weight excluding hydrogens is 496 g/mol. The molecule has 0 saturated carbocycles. The van der Waals surface area contributed by atoms with E-state index in [0.717, 1.165) is 62.3 Å². The second-order valence-corrected chi connectivity index (χ2v) is 10.7. The maximum absolute atomic E-state index is 12.6. The predicted molar refractivity (Wildman–Crippen MR) is 161 cm³/mol. The molecule has 0 aliphatic heterocycles. The molecule has 0 saturated heterocycles. The van der Waals surface area contributed by atoms with Gasteiger partial charge in [0.25, 0.3) is 0 Å². The summed E-state index contributed by atoms with van der Waals surface area (Å²) in [7, 11) is 0. The van der Waals surface area contributed by atoms with Crippen molar-refractivity contribution in [3.8, 4) is 11.5 Å². The minimum absolute atomic E-state index is 0.0655. The van der Waals surface area contributed by atoms with Crippen LogP contribution in [0.4, 0.5) is 0 Å². The van der Waals surface area contributed by atoms with E-state index in [4.69, 9.17) is 9.47 Å². The van der Waals surface area contributed by atoms with Crippen molar-refractivity contribution in [2.75, 3.05) is 13.1 Å². The summed E-state index contributed by atoms with van der Waals surface area (Å²) in [5, 5.41) is 0. The van der Waals surface area contributed by atoms with Gasteiger partial charge >= 0.3 is 0 Å². The second kappa shape index (κ2) is 13.5.